The van der Waals surface area contributed by atoms with Crippen molar-refractivity contribution in [3.05, 3.63) is 101 Å². The molecule has 2 amide bonds. The second kappa shape index (κ2) is 15.5. The summed E-state index contributed by atoms with van der Waals surface area (Å²) in [6.45, 7) is -0.0692. The number of carbonyl (C=O) groups excluding carboxylic acids is 2. The van der Waals surface area contributed by atoms with Gasteiger partial charge in [-0.2, -0.15) is 0 Å². The molecule has 44 heavy (non-hydrogen) atoms. The lowest BCUT2D eigenvalue weighted by atomic mass is 9.94. The largest absolute Gasteiger partial charge is 0.352 e. The molecule has 1 aliphatic rings. The number of amides is 2. The number of sulfonamides is 1. The van der Waals surface area contributed by atoms with Crippen LogP contribution < -0.4 is 9.62 Å². The van der Waals surface area contributed by atoms with E-state index in [1.54, 1.807) is 18.2 Å². The Bertz CT molecular complexity index is 1530. The minimum atomic E-state index is -3.87. The SMILES string of the molecule is CS(=O)(=O)N(CCCC(=O)N(Cc1ccccc1Cl)[C@H](Cc1ccccc1)C(=O)NC1CCCCC1)c1ccc(F)c(F)c1. The predicted molar refractivity (Wildman–Crippen MR) is 169 cm³/mol. The van der Waals surface area contributed by atoms with Crippen LogP contribution in [0.15, 0.2) is 72.8 Å². The molecule has 3 aromatic rings. The summed E-state index contributed by atoms with van der Waals surface area (Å²) in [7, 11) is -3.87. The quantitative estimate of drug-likeness (QED) is 0.238. The van der Waals surface area contributed by atoms with E-state index in [0.29, 0.717) is 10.6 Å². The van der Waals surface area contributed by atoms with Gasteiger partial charge >= 0.3 is 0 Å². The highest BCUT2D eigenvalue weighted by Gasteiger charge is 2.32. The highest BCUT2D eigenvalue weighted by molar-refractivity contribution is 7.92. The number of carbonyl (C=O) groups is 2. The molecule has 0 bridgehead atoms. The van der Waals surface area contributed by atoms with Gasteiger partial charge in [0.05, 0.1) is 11.9 Å². The van der Waals surface area contributed by atoms with E-state index in [1.165, 1.54) is 11.0 Å². The van der Waals surface area contributed by atoms with Gasteiger partial charge in [0.25, 0.3) is 0 Å². The third-order valence-corrected chi connectivity index (χ3v) is 9.43. The lowest BCUT2D eigenvalue weighted by molar-refractivity contribution is -0.141. The number of hydrogen-bond acceptors (Lipinski definition) is 4. The lowest BCUT2D eigenvalue weighted by Gasteiger charge is -2.34. The summed E-state index contributed by atoms with van der Waals surface area (Å²) in [5.41, 5.74) is 1.51. The van der Waals surface area contributed by atoms with Crippen molar-refractivity contribution in [2.24, 2.45) is 0 Å². The zero-order valence-electron chi connectivity index (χ0n) is 24.7. The van der Waals surface area contributed by atoms with Crippen LogP contribution in [0.3, 0.4) is 0 Å². The minimum Gasteiger partial charge on any atom is -0.352 e. The van der Waals surface area contributed by atoms with Crippen LogP contribution in [-0.2, 0) is 32.6 Å². The Morgan fingerprint density at radius 1 is 0.955 bits per heavy atom. The number of hydrogen-bond donors (Lipinski definition) is 1. The fraction of sp³-hybridized carbons (Fsp3) is 0.394. The molecule has 0 aliphatic heterocycles. The summed E-state index contributed by atoms with van der Waals surface area (Å²) < 4.78 is 53.5. The zero-order valence-corrected chi connectivity index (χ0v) is 26.3. The molecule has 4 rings (SSSR count). The van der Waals surface area contributed by atoms with E-state index in [0.717, 1.165) is 60.4 Å². The summed E-state index contributed by atoms with van der Waals surface area (Å²) in [5.74, 6) is -2.88. The topological polar surface area (TPSA) is 86.8 Å². The molecule has 0 aromatic heterocycles. The molecule has 1 atom stereocenters. The van der Waals surface area contributed by atoms with Gasteiger partial charge in [-0.05, 0) is 48.6 Å². The second-order valence-corrected chi connectivity index (χ2v) is 13.5. The fourth-order valence-electron chi connectivity index (χ4n) is 5.55. The van der Waals surface area contributed by atoms with Crippen molar-refractivity contribution < 1.29 is 26.8 Å². The Morgan fingerprint density at radius 3 is 2.30 bits per heavy atom. The first-order valence-electron chi connectivity index (χ1n) is 14.8. The Labute approximate surface area is 263 Å². The molecule has 0 spiro atoms. The van der Waals surface area contributed by atoms with Gasteiger partial charge in [-0.3, -0.25) is 13.9 Å². The maximum Gasteiger partial charge on any atom is 0.243 e. The summed E-state index contributed by atoms with van der Waals surface area (Å²) in [6, 6.07) is 18.6. The summed E-state index contributed by atoms with van der Waals surface area (Å²) >= 11 is 6.49. The van der Waals surface area contributed by atoms with Crippen LogP contribution >= 0.6 is 11.6 Å². The molecular formula is C33H38ClF2N3O4S. The smallest absolute Gasteiger partial charge is 0.243 e. The standard InChI is InChI=1S/C33H38ClF2N3O4S/c1-44(42,43)39(27-18-19-29(35)30(36)22-27)20-10-17-32(40)38(23-25-13-8-9-16-28(25)34)31(21-24-11-4-2-5-12-24)33(41)37-26-14-6-3-7-15-26/h2,4-5,8-9,11-13,16,18-19,22,26,31H,3,6-7,10,14-15,17,20-21,23H2,1H3,(H,37,41)/t31-/m1/s1. The van der Waals surface area contributed by atoms with Gasteiger partial charge in [0.2, 0.25) is 21.8 Å². The first-order chi connectivity index (χ1) is 21.0. The number of rotatable bonds is 13. The molecule has 7 nitrogen and oxygen atoms in total. The summed E-state index contributed by atoms with van der Waals surface area (Å²) in [6.07, 6.45) is 6.18. The molecule has 1 fully saturated rings. The van der Waals surface area contributed by atoms with E-state index in [4.69, 9.17) is 11.6 Å². The molecule has 1 aliphatic carbocycles. The monoisotopic (exact) mass is 645 g/mol. The van der Waals surface area contributed by atoms with Crippen LogP contribution in [0, 0.1) is 11.6 Å². The van der Waals surface area contributed by atoms with E-state index >= 15 is 0 Å². The second-order valence-electron chi connectivity index (χ2n) is 11.2. The molecule has 3 aromatic carbocycles. The maximum absolute atomic E-state index is 14.0. The minimum absolute atomic E-state index is 0.0335. The molecule has 0 saturated heterocycles. The van der Waals surface area contributed by atoms with Crippen molar-refractivity contribution >= 4 is 39.1 Å². The van der Waals surface area contributed by atoms with Gasteiger partial charge < -0.3 is 10.2 Å². The van der Waals surface area contributed by atoms with Crippen LogP contribution in [0.2, 0.25) is 5.02 Å². The number of halogens is 3. The van der Waals surface area contributed by atoms with Gasteiger partial charge in [-0.1, -0.05) is 79.4 Å². The van der Waals surface area contributed by atoms with Crippen molar-refractivity contribution in [3.63, 3.8) is 0 Å². The van der Waals surface area contributed by atoms with Gasteiger partial charge in [0.1, 0.15) is 6.04 Å². The normalized spacial score (nSPS) is 14.5. The Hall–Kier alpha value is -3.50. The third kappa shape index (κ3) is 9.25. The Kier molecular flexibility index (Phi) is 11.7. The van der Waals surface area contributed by atoms with Crippen LogP contribution in [0.1, 0.15) is 56.1 Å². The zero-order chi connectivity index (χ0) is 31.7. The average molecular weight is 646 g/mol. The lowest BCUT2D eigenvalue weighted by Crippen LogP contribution is -2.53. The number of benzene rings is 3. The maximum atomic E-state index is 14.0. The van der Waals surface area contributed by atoms with E-state index in [1.807, 2.05) is 36.4 Å². The molecule has 236 valence electrons. The van der Waals surface area contributed by atoms with Crippen LogP contribution in [0.5, 0.6) is 0 Å². The van der Waals surface area contributed by atoms with Crippen molar-refractivity contribution in [3.8, 4) is 0 Å². The summed E-state index contributed by atoms with van der Waals surface area (Å²) in [5, 5.41) is 3.64. The first kappa shape index (κ1) is 33.4. The van der Waals surface area contributed by atoms with Gasteiger partial charge in [0, 0.05) is 43.1 Å². The van der Waals surface area contributed by atoms with Crippen molar-refractivity contribution in [2.75, 3.05) is 17.1 Å². The number of anilines is 1. The Balaban J connectivity index is 1.60. The molecule has 0 heterocycles. The van der Waals surface area contributed by atoms with Crippen LogP contribution in [0.4, 0.5) is 14.5 Å². The van der Waals surface area contributed by atoms with Crippen LogP contribution in [-0.4, -0.2) is 50.0 Å². The summed E-state index contributed by atoms with van der Waals surface area (Å²) in [4.78, 5) is 29.4. The highest BCUT2D eigenvalue weighted by atomic mass is 35.5. The number of nitrogens with one attached hydrogen (secondary N) is 1. The predicted octanol–water partition coefficient (Wildman–Crippen LogP) is 6.25. The number of nitrogens with zero attached hydrogens (tertiary/aromatic N) is 2. The molecule has 0 unspecified atom stereocenters. The Morgan fingerprint density at radius 2 is 1.64 bits per heavy atom. The highest BCUT2D eigenvalue weighted by Crippen LogP contribution is 2.24. The first-order valence-corrected chi connectivity index (χ1v) is 17.1. The van der Waals surface area contributed by atoms with Crippen molar-refractivity contribution in [1.82, 2.24) is 10.2 Å². The van der Waals surface area contributed by atoms with Crippen LogP contribution in [0.25, 0.3) is 0 Å². The van der Waals surface area contributed by atoms with E-state index < -0.39 is 27.7 Å². The van der Waals surface area contributed by atoms with E-state index in [9.17, 15) is 26.8 Å². The third-order valence-electron chi connectivity index (χ3n) is 7.86. The van der Waals surface area contributed by atoms with Gasteiger partial charge in [-0.25, -0.2) is 17.2 Å². The molecule has 0 radical (unpaired) electrons. The molecule has 11 heteroatoms. The fourth-order valence-corrected chi connectivity index (χ4v) is 6.71. The van der Waals surface area contributed by atoms with Gasteiger partial charge in [-0.15, -0.1) is 0 Å². The average Bonchev–Trinajstić information content (AvgIpc) is 3.00. The van der Waals surface area contributed by atoms with Gasteiger partial charge in [0.15, 0.2) is 11.6 Å². The molecular weight excluding hydrogens is 608 g/mol. The molecule has 1 N–H and O–H groups in total. The molecule has 1 saturated carbocycles. The van der Waals surface area contributed by atoms with E-state index in [-0.39, 0.29) is 55.9 Å². The van der Waals surface area contributed by atoms with Crippen molar-refractivity contribution in [2.45, 2.75) is 70.0 Å². The van der Waals surface area contributed by atoms with E-state index in [2.05, 4.69) is 5.32 Å². The van der Waals surface area contributed by atoms with Crippen molar-refractivity contribution in [1.29, 1.82) is 0 Å².